The summed E-state index contributed by atoms with van der Waals surface area (Å²) in [5.74, 6) is 0.519. The molecule has 0 spiro atoms. The zero-order chi connectivity index (χ0) is 19.8. The summed E-state index contributed by atoms with van der Waals surface area (Å²) in [5, 5.41) is 2.64. The van der Waals surface area contributed by atoms with Gasteiger partial charge >= 0.3 is 0 Å². The summed E-state index contributed by atoms with van der Waals surface area (Å²) in [5.41, 5.74) is 9.09. The van der Waals surface area contributed by atoms with E-state index in [1.807, 2.05) is 0 Å². The van der Waals surface area contributed by atoms with Crippen LogP contribution in [-0.4, -0.2) is 0 Å². The summed E-state index contributed by atoms with van der Waals surface area (Å²) in [7, 11) is 2.18. The molecular weight excluding hydrogens is 338 g/mol. The van der Waals surface area contributed by atoms with Crippen molar-refractivity contribution in [2.75, 3.05) is 0 Å². The highest BCUT2D eigenvalue weighted by molar-refractivity contribution is 5.94. The molecule has 0 saturated heterocycles. The molecule has 1 heteroatoms. The zero-order valence-corrected chi connectivity index (χ0v) is 17.5. The van der Waals surface area contributed by atoms with Gasteiger partial charge in [0.15, 0.2) is 5.69 Å². The number of aryl methyl sites for hydroxylation is 2. The van der Waals surface area contributed by atoms with E-state index in [9.17, 15) is 0 Å². The van der Waals surface area contributed by atoms with E-state index in [0.29, 0.717) is 5.92 Å². The number of aromatic nitrogens is 1. The SMILES string of the molecule is Cc1cc(-c2ccccc2)ccc1-c1c2cc(C(C)C)ccc2cc(C)[n+]1C. The second kappa shape index (κ2) is 7.24. The Hall–Kier alpha value is -2.93. The zero-order valence-electron chi connectivity index (χ0n) is 17.5. The third-order valence-electron chi connectivity index (χ3n) is 5.82. The lowest BCUT2D eigenvalue weighted by Gasteiger charge is -2.13. The van der Waals surface area contributed by atoms with E-state index in [2.05, 4.69) is 112 Å². The fraction of sp³-hybridized carbons (Fsp3) is 0.222. The molecule has 0 aliphatic rings. The van der Waals surface area contributed by atoms with Crippen LogP contribution in [0.25, 0.3) is 33.2 Å². The maximum Gasteiger partial charge on any atom is 0.220 e. The molecule has 0 atom stereocenters. The highest BCUT2D eigenvalue weighted by Crippen LogP contribution is 2.33. The fourth-order valence-electron chi connectivity index (χ4n) is 4.01. The van der Waals surface area contributed by atoms with E-state index in [1.165, 1.54) is 50.0 Å². The Morgan fingerprint density at radius 2 is 1.50 bits per heavy atom. The minimum absolute atomic E-state index is 0.519. The van der Waals surface area contributed by atoms with Crippen molar-refractivity contribution in [3.63, 3.8) is 0 Å². The predicted molar refractivity (Wildman–Crippen MR) is 120 cm³/mol. The average Bonchev–Trinajstić information content (AvgIpc) is 2.70. The minimum Gasteiger partial charge on any atom is -0.198 e. The van der Waals surface area contributed by atoms with Gasteiger partial charge < -0.3 is 0 Å². The van der Waals surface area contributed by atoms with Crippen LogP contribution in [-0.2, 0) is 7.05 Å². The molecule has 0 unspecified atom stereocenters. The first-order valence-electron chi connectivity index (χ1n) is 10.1. The highest BCUT2D eigenvalue weighted by Gasteiger charge is 2.20. The maximum absolute atomic E-state index is 2.37. The first-order chi connectivity index (χ1) is 13.5. The van der Waals surface area contributed by atoms with Crippen molar-refractivity contribution < 1.29 is 4.57 Å². The van der Waals surface area contributed by atoms with Gasteiger partial charge in [-0.1, -0.05) is 68.4 Å². The second-order valence-electron chi connectivity index (χ2n) is 8.09. The largest absolute Gasteiger partial charge is 0.220 e. The molecule has 1 aromatic heterocycles. The predicted octanol–water partition coefficient (Wildman–Crippen LogP) is 6.74. The number of pyridine rings is 1. The standard InChI is InChI=1S/C27H28N/c1-18(2)22-11-12-24-16-20(4)28(5)27(26(24)17-22)25-14-13-23(15-19(25)3)21-9-7-6-8-10-21/h6-18H,1-5H3/q+1. The van der Waals surface area contributed by atoms with Crippen LogP contribution in [0.5, 0.6) is 0 Å². The molecule has 0 saturated carbocycles. The molecule has 0 aliphatic heterocycles. The fourth-order valence-corrected chi connectivity index (χ4v) is 4.01. The van der Waals surface area contributed by atoms with Crippen molar-refractivity contribution in [3.8, 4) is 22.4 Å². The van der Waals surface area contributed by atoms with Crippen molar-refractivity contribution in [2.24, 2.45) is 7.05 Å². The van der Waals surface area contributed by atoms with Gasteiger partial charge in [0.05, 0.1) is 5.39 Å². The Labute approximate surface area is 168 Å². The van der Waals surface area contributed by atoms with E-state index in [4.69, 9.17) is 0 Å². The summed E-state index contributed by atoms with van der Waals surface area (Å²) in [4.78, 5) is 0. The number of benzene rings is 3. The summed E-state index contributed by atoms with van der Waals surface area (Å²) in [6, 6.07) is 26.6. The topological polar surface area (TPSA) is 3.88 Å². The van der Waals surface area contributed by atoms with Crippen molar-refractivity contribution in [3.05, 3.63) is 89.6 Å². The Morgan fingerprint density at radius 3 is 2.18 bits per heavy atom. The van der Waals surface area contributed by atoms with E-state index < -0.39 is 0 Å². The van der Waals surface area contributed by atoms with Gasteiger partial charge in [0, 0.05) is 18.6 Å². The molecule has 0 N–H and O–H groups in total. The lowest BCUT2D eigenvalue weighted by atomic mass is 9.93. The molecule has 28 heavy (non-hydrogen) atoms. The van der Waals surface area contributed by atoms with E-state index >= 15 is 0 Å². The molecule has 1 nitrogen and oxygen atoms in total. The third kappa shape index (κ3) is 3.22. The van der Waals surface area contributed by atoms with Crippen LogP contribution in [0.4, 0.5) is 0 Å². The smallest absolute Gasteiger partial charge is 0.198 e. The van der Waals surface area contributed by atoms with Gasteiger partial charge in [-0.05, 0) is 52.6 Å². The lowest BCUT2D eigenvalue weighted by Crippen LogP contribution is -2.35. The molecule has 4 aromatic rings. The van der Waals surface area contributed by atoms with Crippen molar-refractivity contribution in [2.45, 2.75) is 33.6 Å². The van der Waals surface area contributed by atoms with Gasteiger partial charge in [-0.25, -0.2) is 0 Å². The minimum atomic E-state index is 0.519. The molecule has 0 fully saturated rings. The van der Waals surface area contributed by atoms with E-state index in [1.54, 1.807) is 0 Å². The third-order valence-corrected chi connectivity index (χ3v) is 5.82. The van der Waals surface area contributed by atoms with Gasteiger partial charge in [0.1, 0.15) is 7.05 Å². The van der Waals surface area contributed by atoms with Crippen LogP contribution in [0.1, 0.15) is 36.6 Å². The number of fused-ring (bicyclic) bond motifs is 1. The van der Waals surface area contributed by atoms with Crippen molar-refractivity contribution in [1.82, 2.24) is 0 Å². The number of hydrogen-bond donors (Lipinski definition) is 0. The van der Waals surface area contributed by atoms with Crippen LogP contribution in [0.3, 0.4) is 0 Å². The van der Waals surface area contributed by atoms with E-state index in [0.717, 1.165) is 0 Å². The molecule has 0 aliphatic carbocycles. The van der Waals surface area contributed by atoms with E-state index in [-0.39, 0.29) is 0 Å². The van der Waals surface area contributed by atoms with Gasteiger partial charge in [-0.3, -0.25) is 0 Å². The van der Waals surface area contributed by atoms with Gasteiger partial charge in [-0.15, -0.1) is 0 Å². The molecule has 4 rings (SSSR count). The molecule has 1 heterocycles. The Balaban J connectivity index is 1.95. The number of rotatable bonds is 3. The summed E-state index contributed by atoms with van der Waals surface area (Å²) >= 11 is 0. The van der Waals surface area contributed by atoms with Gasteiger partial charge in [0.25, 0.3) is 0 Å². The second-order valence-corrected chi connectivity index (χ2v) is 8.09. The molecule has 140 valence electrons. The summed E-state index contributed by atoms with van der Waals surface area (Å²) in [6.07, 6.45) is 0. The first kappa shape index (κ1) is 18.4. The summed E-state index contributed by atoms with van der Waals surface area (Å²) < 4.78 is 2.33. The van der Waals surface area contributed by atoms with Crippen LogP contribution < -0.4 is 4.57 Å². The molecule has 0 bridgehead atoms. The number of nitrogens with zero attached hydrogens (tertiary/aromatic N) is 1. The number of hydrogen-bond acceptors (Lipinski definition) is 0. The highest BCUT2D eigenvalue weighted by atomic mass is 14.9. The Morgan fingerprint density at radius 1 is 0.750 bits per heavy atom. The van der Waals surface area contributed by atoms with Gasteiger partial charge in [-0.2, -0.15) is 4.57 Å². The molecule has 0 amide bonds. The Bertz CT molecular complexity index is 1150. The molecule has 3 aromatic carbocycles. The lowest BCUT2D eigenvalue weighted by molar-refractivity contribution is -0.665. The Kier molecular flexibility index (Phi) is 4.77. The van der Waals surface area contributed by atoms with Crippen LogP contribution in [0, 0.1) is 13.8 Å². The van der Waals surface area contributed by atoms with Crippen LogP contribution in [0.2, 0.25) is 0 Å². The van der Waals surface area contributed by atoms with Gasteiger partial charge in [0.2, 0.25) is 5.69 Å². The first-order valence-corrected chi connectivity index (χ1v) is 10.1. The van der Waals surface area contributed by atoms with Crippen LogP contribution >= 0.6 is 0 Å². The van der Waals surface area contributed by atoms with Crippen molar-refractivity contribution >= 4 is 10.8 Å². The molecule has 0 radical (unpaired) electrons. The normalized spacial score (nSPS) is 11.4. The average molecular weight is 367 g/mol. The maximum atomic E-state index is 2.37. The quantitative estimate of drug-likeness (QED) is 0.354. The van der Waals surface area contributed by atoms with Crippen LogP contribution in [0.15, 0.2) is 72.8 Å². The van der Waals surface area contributed by atoms with Crippen molar-refractivity contribution in [1.29, 1.82) is 0 Å². The monoisotopic (exact) mass is 366 g/mol. The molecular formula is C27H28N+. The summed E-state index contributed by atoms with van der Waals surface area (Å²) in [6.45, 7) is 8.93.